The van der Waals surface area contributed by atoms with E-state index in [9.17, 15) is 14.4 Å². The highest BCUT2D eigenvalue weighted by molar-refractivity contribution is 8.14. The van der Waals surface area contributed by atoms with Gasteiger partial charge >= 0.3 is 0 Å². The number of hydrogen-bond donors (Lipinski definition) is 4. The van der Waals surface area contributed by atoms with E-state index in [1.54, 1.807) is 19.2 Å². The second-order valence-corrected chi connectivity index (χ2v) is 10.2. The predicted molar refractivity (Wildman–Crippen MR) is 134 cm³/mol. The number of aliphatic imine (C=N–C) groups is 1. The highest BCUT2D eigenvalue weighted by Crippen LogP contribution is 2.31. The van der Waals surface area contributed by atoms with Crippen molar-refractivity contribution in [2.45, 2.75) is 57.8 Å². The molecular weight excluding hydrogens is 458 g/mol. The molecule has 0 aliphatic carbocycles. The van der Waals surface area contributed by atoms with E-state index in [0.717, 1.165) is 10.6 Å². The lowest BCUT2D eigenvalue weighted by atomic mass is 9.99. The summed E-state index contributed by atoms with van der Waals surface area (Å²) in [6.07, 6.45) is 6.17. The Morgan fingerprint density at radius 2 is 2.09 bits per heavy atom. The second-order valence-electron chi connectivity index (χ2n) is 8.75. The lowest BCUT2D eigenvalue weighted by Gasteiger charge is -2.27. The molecule has 0 fully saturated rings. The van der Waals surface area contributed by atoms with Crippen molar-refractivity contribution in [2.75, 3.05) is 11.5 Å². The molecule has 3 N–H and O–H groups in total. The van der Waals surface area contributed by atoms with E-state index in [2.05, 4.69) is 33.6 Å². The van der Waals surface area contributed by atoms with Crippen LogP contribution < -0.4 is 16.0 Å². The number of thioether (sulfide) groups is 1. The molecule has 0 saturated heterocycles. The molecule has 10 heteroatoms. The maximum absolute atomic E-state index is 13.2. The zero-order valence-electron chi connectivity index (χ0n) is 19.1. The van der Waals surface area contributed by atoms with Gasteiger partial charge in [0.1, 0.15) is 11.6 Å². The zero-order valence-corrected chi connectivity index (χ0v) is 20.8. The van der Waals surface area contributed by atoms with Gasteiger partial charge in [0.15, 0.2) is 0 Å². The van der Waals surface area contributed by atoms with Crippen LogP contribution in [-0.4, -0.2) is 56.9 Å². The molecule has 0 radical (unpaired) electrons. The van der Waals surface area contributed by atoms with E-state index in [-0.39, 0.29) is 36.6 Å². The van der Waals surface area contributed by atoms with Crippen molar-refractivity contribution in [2.24, 2.45) is 10.9 Å². The fourth-order valence-corrected chi connectivity index (χ4v) is 4.86. The van der Waals surface area contributed by atoms with Crippen LogP contribution in [0.3, 0.4) is 0 Å². The molecular formula is C23H31N5O3S2. The number of carbonyl (C=O) groups excluding carboxylic acids is 3. The number of hydrogen-bond acceptors (Lipinski definition) is 7. The van der Waals surface area contributed by atoms with Crippen LogP contribution in [0.25, 0.3) is 0 Å². The zero-order chi connectivity index (χ0) is 24.0. The molecule has 1 aromatic rings. The normalized spacial score (nSPS) is 26.7. The Bertz CT molecular complexity index is 965. The van der Waals surface area contributed by atoms with Crippen LogP contribution in [-0.2, 0) is 20.9 Å². The van der Waals surface area contributed by atoms with Crippen LogP contribution in [0.2, 0.25) is 0 Å². The van der Waals surface area contributed by atoms with E-state index >= 15 is 0 Å². The van der Waals surface area contributed by atoms with E-state index in [0.29, 0.717) is 23.6 Å². The number of pyridine rings is 1. The summed E-state index contributed by atoms with van der Waals surface area (Å²) in [5, 5.41) is 9.45. The first-order valence-electron chi connectivity index (χ1n) is 11.1. The van der Waals surface area contributed by atoms with E-state index in [1.165, 1.54) is 11.8 Å². The monoisotopic (exact) mass is 489 g/mol. The first kappa shape index (κ1) is 25.3. The van der Waals surface area contributed by atoms with Crippen LogP contribution >= 0.6 is 24.4 Å². The third-order valence-electron chi connectivity index (χ3n) is 5.49. The molecule has 178 valence electrons. The molecule has 8 nitrogen and oxygen atoms in total. The summed E-state index contributed by atoms with van der Waals surface area (Å²) < 4.78 is 0. The van der Waals surface area contributed by atoms with Crippen LogP contribution in [0, 0.1) is 5.92 Å². The van der Waals surface area contributed by atoms with Crippen LogP contribution in [0.5, 0.6) is 0 Å². The number of fused-ring (bicyclic) bond motifs is 4. The number of carbonyl (C=O) groups is 3. The number of allylic oxidation sites excluding steroid dienone is 1. The van der Waals surface area contributed by atoms with Gasteiger partial charge in [0, 0.05) is 17.5 Å². The Balaban J connectivity index is 1.95. The van der Waals surface area contributed by atoms with E-state index in [4.69, 9.17) is 4.99 Å². The lowest BCUT2D eigenvalue weighted by Crippen LogP contribution is -2.56. The van der Waals surface area contributed by atoms with Gasteiger partial charge in [-0.3, -0.25) is 24.4 Å². The van der Waals surface area contributed by atoms with Crippen molar-refractivity contribution in [1.29, 1.82) is 0 Å². The quantitative estimate of drug-likeness (QED) is 0.381. The molecule has 3 heterocycles. The summed E-state index contributed by atoms with van der Waals surface area (Å²) >= 11 is 5.70. The molecule has 3 atom stereocenters. The molecule has 0 aromatic carbocycles. The van der Waals surface area contributed by atoms with Crippen LogP contribution in [0.1, 0.15) is 44.9 Å². The van der Waals surface area contributed by atoms with Crippen molar-refractivity contribution in [3.8, 4) is 0 Å². The molecule has 33 heavy (non-hydrogen) atoms. The maximum Gasteiger partial charge on any atom is 0.249 e. The molecule has 0 spiro atoms. The van der Waals surface area contributed by atoms with Gasteiger partial charge in [-0.15, -0.1) is 11.8 Å². The van der Waals surface area contributed by atoms with Gasteiger partial charge in [-0.25, -0.2) is 0 Å². The van der Waals surface area contributed by atoms with E-state index < -0.39 is 17.6 Å². The SMILES string of the molecule is CC(C)C1NC(=O)[C@]2(C)CSC(=N2)c2ccnc(c2)CNC(=O)CC(/C=C/CCS)NC1=O. The largest absolute Gasteiger partial charge is 0.350 e. The topological polar surface area (TPSA) is 113 Å². The average molecular weight is 490 g/mol. The number of thiol groups is 1. The minimum atomic E-state index is -0.978. The lowest BCUT2D eigenvalue weighted by molar-refractivity contribution is -0.132. The summed E-state index contributed by atoms with van der Waals surface area (Å²) in [6, 6.07) is 2.47. The maximum atomic E-state index is 13.2. The Morgan fingerprint density at radius 3 is 2.82 bits per heavy atom. The predicted octanol–water partition coefficient (Wildman–Crippen LogP) is 1.86. The Hall–Kier alpha value is -2.33. The van der Waals surface area contributed by atoms with Crippen molar-refractivity contribution in [3.63, 3.8) is 0 Å². The summed E-state index contributed by atoms with van der Waals surface area (Å²) in [7, 11) is 0. The Morgan fingerprint density at radius 1 is 1.30 bits per heavy atom. The smallest absolute Gasteiger partial charge is 0.249 e. The highest BCUT2D eigenvalue weighted by atomic mass is 32.2. The van der Waals surface area contributed by atoms with Gasteiger partial charge in [0.25, 0.3) is 0 Å². The minimum absolute atomic E-state index is 0.0769. The second kappa shape index (κ2) is 11.2. The van der Waals surface area contributed by atoms with Crippen molar-refractivity contribution >= 4 is 47.2 Å². The molecule has 2 aliphatic rings. The molecule has 4 bridgehead atoms. The Labute approximate surface area is 204 Å². The number of nitrogens with one attached hydrogen (secondary N) is 3. The number of amides is 3. The standard InChI is InChI=1S/C23H31N5O3S2/c1-14(2)19-20(30)26-16(6-4-5-9-32)11-18(29)25-12-17-10-15(7-8-24-17)21-28-23(3,13-33-21)22(31)27-19/h4,6-8,10,14,16,19,32H,5,9,11-13H2,1-3H3,(H,25,29)(H,26,30)(H,27,31)/b6-4+/t16?,19?,23-/m0/s1. The molecule has 2 aliphatic heterocycles. The van der Waals surface area contributed by atoms with Crippen LogP contribution in [0.4, 0.5) is 0 Å². The highest BCUT2D eigenvalue weighted by Gasteiger charge is 2.41. The molecule has 2 unspecified atom stereocenters. The van der Waals surface area contributed by atoms with Gasteiger partial charge in [0.05, 0.1) is 29.7 Å². The summed E-state index contributed by atoms with van der Waals surface area (Å²) in [5.74, 6) is 0.163. The Kier molecular flexibility index (Phi) is 8.58. The van der Waals surface area contributed by atoms with Crippen molar-refractivity contribution in [1.82, 2.24) is 20.9 Å². The number of nitrogens with zero attached hydrogens (tertiary/aromatic N) is 2. The number of rotatable bonds is 4. The number of aromatic nitrogens is 1. The van der Waals surface area contributed by atoms with Crippen molar-refractivity contribution in [3.05, 3.63) is 41.7 Å². The van der Waals surface area contributed by atoms with Gasteiger partial charge in [-0.1, -0.05) is 26.0 Å². The summed E-state index contributed by atoms with van der Waals surface area (Å²) in [6.45, 7) is 5.80. The van der Waals surface area contributed by atoms with Crippen molar-refractivity contribution < 1.29 is 14.4 Å². The van der Waals surface area contributed by atoms with Gasteiger partial charge in [-0.05, 0) is 37.1 Å². The summed E-state index contributed by atoms with van der Waals surface area (Å²) in [4.78, 5) is 48.0. The molecule has 0 saturated carbocycles. The molecule has 1 aromatic heterocycles. The van der Waals surface area contributed by atoms with Gasteiger partial charge in [0.2, 0.25) is 17.7 Å². The minimum Gasteiger partial charge on any atom is -0.350 e. The van der Waals surface area contributed by atoms with E-state index in [1.807, 2.05) is 32.1 Å². The fraction of sp³-hybridized carbons (Fsp3) is 0.522. The first-order chi connectivity index (χ1) is 15.7. The molecule has 3 amide bonds. The first-order valence-corrected chi connectivity index (χ1v) is 12.7. The van der Waals surface area contributed by atoms with Crippen LogP contribution in [0.15, 0.2) is 35.5 Å². The molecule has 3 rings (SSSR count). The summed E-state index contributed by atoms with van der Waals surface area (Å²) in [5.41, 5.74) is 0.572. The van der Waals surface area contributed by atoms with Gasteiger partial charge in [-0.2, -0.15) is 12.6 Å². The average Bonchev–Trinajstić information content (AvgIpc) is 3.19. The third kappa shape index (κ3) is 6.60. The van der Waals surface area contributed by atoms with Gasteiger partial charge < -0.3 is 16.0 Å². The fourth-order valence-electron chi connectivity index (χ4n) is 3.54. The third-order valence-corrected chi connectivity index (χ3v) is 7.06.